The van der Waals surface area contributed by atoms with E-state index in [9.17, 15) is 0 Å². The number of nitrogens with two attached hydrogens (primary N) is 1. The topological polar surface area (TPSA) is 79.1 Å². The predicted octanol–water partition coefficient (Wildman–Crippen LogP) is 3.05. The summed E-state index contributed by atoms with van der Waals surface area (Å²) in [6, 6.07) is 13.0. The highest BCUT2D eigenvalue weighted by molar-refractivity contribution is 5.82. The molecule has 0 saturated carbocycles. The van der Waals surface area contributed by atoms with E-state index in [1.54, 1.807) is 18.2 Å². The summed E-state index contributed by atoms with van der Waals surface area (Å²) in [6.07, 6.45) is 1.42. The number of oxazole rings is 1. The normalized spacial score (nSPS) is 10.4. The average molecular weight is 264 g/mol. The number of nitrogens with zero attached hydrogens (tertiary/aromatic N) is 3. The Morgan fingerprint density at radius 3 is 2.90 bits per heavy atom. The van der Waals surface area contributed by atoms with Crippen molar-refractivity contribution in [1.29, 1.82) is 5.26 Å². The second kappa shape index (κ2) is 4.59. The largest absolute Gasteiger partial charge is 0.443 e. The molecular formula is C15H12N4O. The second-order valence-corrected chi connectivity index (χ2v) is 4.45. The molecule has 1 heterocycles. The smallest absolute Gasteiger partial charge is 0.181 e. The summed E-state index contributed by atoms with van der Waals surface area (Å²) in [6.45, 7) is 0. The van der Waals surface area contributed by atoms with Crippen LogP contribution in [0.4, 0.5) is 17.1 Å². The van der Waals surface area contributed by atoms with E-state index in [4.69, 9.17) is 15.4 Å². The van der Waals surface area contributed by atoms with E-state index < -0.39 is 0 Å². The van der Waals surface area contributed by atoms with Gasteiger partial charge in [0.1, 0.15) is 5.52 Å². The fourth-order valence-corrected chi connectivity index (χ4v) is 2.10. The first-order chi connectivity index (χ1) is 9.69. The maximum Gasteiger partial charge on any atom is 0.181 e. The number of rotatable bonds is 2. The van der Waals surface area contributed by atoms with Gasteiger partial charge in [0, 0.05) is 18.8 Å². The molecule has 0 amide bonds. The van der Waals surface area contributed by atoms with Gasteiger partial charge in [-0.25, -0.2) is 4.98 Å². The molecule has 5 heteroatoms. The Bertz CT molecular complexity index is 816. The van der Waals surface area contributed by atoms with Crippen LogP contribution >= 0.6 is 0 Å². The molecule has 0 bridgehead atoms. The van der Waals surface area contributed by atoms with Gasteiger partial charge in [-0.2, -0.15) is 5.26 Å². The van der Waals surface area contributed by atoms with Gasteiger partial charge in [-0.3, -0.25) is 0 Å². The summed E-state index contributed by atoms with van der Waals surface area (Å²) < 4.78 is 5.30. The van der Waals surface area contributed by atoms with Crippen molar-refractivity contribution in [1.82, 2.24) is 4.98 Å². The Hall–Kier alpha value is -3.00. The maximum absolute atomic E-state index is 8.99. The van der Waals surface area contributed by atoms with Crippen LogP contribution in [-0.2, 0) is 0 Å². The van der Waals surface area contributed by atoms with Crippen LogP contribution in [0.25, 0.3) is 11.1 Å². The van der Waals surface area contributed by atoms with Crippen molar-refractivity contribution in [2.75, 3.05) is 17.7 Å². The second-order valence-electron chi connectivity index (χ2n) is 4.45. The lowest BCUT2D eigenvalue weighted by Crippen LogP contribution is -2.11. The molecule has 5 nitrogen and oxygen atoms in total. The van der Waals surface area contributed by atoms with Gasteiger partial charge >= 0.3 is 0 Å². The summed E-state index contributed by atoms with van der Waals surface area (Å²) in [5.41, 5.74) is 10.4. The maximum atomic E-state index is 8.99. The third kappa shape index (κ3) is 1.93. The number of benzene rings is 2. The van der Waals surface area contributed by atoms with Crippen LogP contribution in [0.5, 0.6) is 0 Å². The lowest BCUT2D eigenvalue weighted by Gasteiger charge is -2.21. The Labute approximate surface area is 115 Å². The first-order valence-electron chi connectivity index (χ1n) is 6.05. The first kappa shape index (κ1) is 12.1. The molecular weight excluding hydrogens is 252 g/mol. The molecule has 2 aromatic carbocycles. The zero-order valence-corrected chi connectivity index (χ0v) is 10.9. The lowest BCUT2D eigenvalue weighted by molar-refractivity contribution is 0.602. The Morgan fingerprint density at radius 1 is 1.25 bits per heavy atom. The first-order valence-corrected chi connectivity index (χ1v) is 6.05. The van der Waals surface area contributed by atoms with Crippen LogP contribution < -0.4 is 10.6 Å². The molecule has 20 heavy (non-hydrogen) atoms. The summed E-state index contributed by atoms with van der Waals surface area (Å²) in [4.78, 5) is 6.00. The molecule has 0 radical (unpaired) electrons. The van der Waals surface area contributed by atoms with Crippen LogP contribution in [0.2, 0.25) is 0 Å². The molecule has 3 rings (SSSR count). The lowest BCUT2D eigenvalue weighted by atomic mass is 10.1. The minimum atomic E-state index is 0.571. The highest BCUT2D eigenvalue weighted by atomic mass is 16.3. The van der Waals surface area contributed by atoms with E-state index in [1.165, 1.54) is 6.39 Å². The molecule has 98 valence electrons. The molecule has 0 atom stereocenters. The number of fused-ring (bicyclic) bond motifs is 1. The fraction of sp³-hybridized carbons (Fsp3) is 0.0667. The zero-order valence-electron chi connectivity index (χ0n) is 10.9. The molecule has 0 unspecified atom stereocenters. The summed E-state index contributed by atoms with van der Waals surface area (Å²) in [5, 5.41) is 8.99. The summed E-state index contributed by atoms with van der Waals surface area (Å²) >= 11 is 0. The molecule has 2 N–H and O–H groups in total. The number of aromatic nitrogens is 1. The van der Waals surface area contributed by atoms with E-state index in [1.807, 2.05) is 30.1 Å². The highest BCUT2D eigenvalue weighted by Crippen LogP contribution is 2.31. The van der Waals surface area contributed by atoms with Crippen LogP contribution in [0.15, 0.2) is 47.2 Å². The molecule has 0 aliphatic rings. The third-order valence-electron chi connectivity index (χ3n) is 3.22. The van der Waals surface area contributed by atoms with Gasteiger partial charge in [-0.1, -0.05) is 0 Å². The van der Waals surface area contributed by atoms with Crippen molar-refractivity contribution in [2.45, 2.75) is 0 Å². The molecule has 3 aromatic rings. The highest BCUT2D eigenvalue weighted by Gasteiger charge is 2.10. The molecule has 0 fully saturated rings. The standard InChI is InChI=1S/C15H12N4O/c1-19(14-6-10(8-16)2-4-12(14)17)11-3-5-13-15(7-11)20-9-18-13/h2-7,9H,17H2,1H3. The Kier molecular flexibility index (Phi) is 2.77. The van der Waals surface area contributed by atoms with Crippen molar-refractivity contribution in [3.8, 4) is 6.07 Å². The number of hydrogen-bond donors (Lipinski definition) is 1. The molecule has 1 aromatic heterocycles. The van der Waals surface area contributed by atoms with E-state index in [-0.39, 0.29) is 0 Å². The van der Waals surface area contributed by atoms with Crippen LogP contribution in [0, 0.1) is 11.3 Å². The van der Waals surface area contributed by atoms with Crippen molar-refractivity contribution in [3.05, 3.63) is 48.4 Å². The molecule has 0 aliphatic heterocycles. The average Bonchev–Trinajstić information content (AvgIpc) is 2.94. The van der Waals surface area contributed by atoms with E-state index in [0.29, 0.717) is 16.8 Å². The van der Waals surface area contributed by atoms with Gasteiger partial charge < -0.3 is 15.1 Å². The Balaban J connectivity index is 2.07. The molecule has 0 spiro atoms. The third-order valence-corrected chi connectivity index (χ3v) is 3.22. The van der Waals surface area contributed by atoms with Crippen molar-refractivity contribution in [3.63, 3.8) is 0 Å². The Morgan fingerprint density at radius 2 is 2.10 bits per heavy atom. The summed E-state index contributed by atoms with van der Waals surface area (Å²) in [7, 11) is 1.89. The van der Waals surface area contributed by atoms with Crippen LogP contribution in [-0.4, -0.2) is 12.0 Å². The summed E-state index contributed by atoms with van der Waals surface area (Å²) in [5.74, 6) is 0. The molecule has 0 aliphatic carbocycles. The van der Waals surface area contributed by atoms with Crippen molar-refractivity contribution < 1.29 is 4.42 Å². The minimum absolute atomic E-state index is 0.571. The van der Waals surface area contributed by atoms with E-state index in [2.05, 4.69) is 11.1 Å². The fourth-order valence-electron chi connectivity index (χ4n) is 2.10. The van der Waals surface area contributed by atoms with Crippen LogP contribution in [0.1, 0.15) is 5.56 Å². The van der Waals surface area contributed by atoms with Crippen molar-refractivity contribution >= 4 is 28.2 Å². The van der Waals surface area contributed by atoms with Gasteiger partial charge in [-0.05, 0) is 30.3 Å². The molecule has 0 saturated heterocycles. The quantitative estimate of drug-likeness (QED) is 0.719. The van der Waals surface area contributed by atoms with Gasteiger partial charge in [0.2, 0.25) is 0 Å². The number of anilines is 3. The van der Waals surface area contributed by atoms with Gasteiger partial charge in [-0.15, -0.1) is 0 Å². The SMILES string of the molecule is CN(c1ccc2ncoc2c1)c1cc(C#N)ccc1N. The predicted molar refractivity (Wildman–Crippen MR) is 77.6 cm³/mol. The van der Waals surface area contributed by atoms with E-state index in [0.717, 1.165) is 16.9 Å². The monoisotopic (exact) mass is 264 g/mol. The van der Waals surface area contributed by atoms with Gasteiger partial charge in [0.05, 0.1) is 23.0 Å². The zero-order chi connectivity index (χ0) is 14.1. The number of nitriles is 1. The van der Waals surface area contributed by atoms with Crippen molar-refractivity contribution in [2.24, 2.45) is 0 Å². The van der Waals surface area contributed by atoms with Gasteiger partial charge in [0.25, 0.3) is 0 Å². The number of hydrogen-bond acceptors (Lipinski definition) is 5. The van der Waals surface area contributed by atoms with Crippen LogP contribution in [0.3, 0.4) is 0 Å². The van der Waals surface area contributed by atoms with Gasteiger partial charge in [0.15, 0.2) is 12.0 Å². The van der Waals surface area contributed by atoms with E-state index >= 15 is 0 Å². The number of nitrogen functional groups attached to an aromatic ring is 1. The minimum Gasteiger partial charge on any atom is -0.443 e.